The molecule has 1 rings (SSSR count). The van der Waals surface area contributed by atoms with Gasteiger partial charge in [-0.3, -0.25) is 4.57 Å². The van der Waals surface area contributed by atoms with Crippen LogP contribution in [0.5, 0.6) is 0 Å². The molecular weight excluding hydrogens is 266 g/mol. The average Bonchev–Trinajstić information content (AvgIpc) is 2.43. The summed E-state index contributed by atoms with van der Waals surface area (Å²) in [5.74, 6) is -0.751. The van der Waals surface area contributed by atoms with Gasteiger partial charge in [0.15, 0.2) is 0 Å². The van der Waals surface area contributed by atoms with E-state index >= 15 is 0 Å². The van der Waals surface area contributed by atoms with Gasteiger partial charge in [-0.15, -0.1) is 10.2 Å². The van der Waals surface area contributed by atoms with Crippen molar-refractivity contribution in [2.24, 2.45) is 0 Å². The molecule has 0 unspecified atom stereocenters. The highest BCUT2D eigenvalue weighted by Crippen LogP contribution is 2.24. The van der Waals surface area contributed by atoms with Crippen LogP contribution in [0.1, 0.15) is 25.6 Å². The second-order valence-corrected chi connectivity index (χ2v) is 4.88. The molecule has 0 atom stereocenters. The summed E-state index contributed by atoms with van der Waals surface area (Å²) in [5.41, 5.74) is 0. The lowest BCUT2D eigenvalue weighted by molar-refractivity contribution is -0.142. The maximum absolute atomic E-state index is 12.7. The highest BCUT2D eigenvalue weighted by Gasteiger charge is 2.34. The molecule has 10 heteroatoms. The Hall–Kier alpha value is -1.19. The SMILES string of the molecule is CC(C)c1nnc(S(=O)(=O)F)n1CC(F)(F)F. The van der Waals surface area contributed by atoms with Crippen LogP contribution < -0.4 is 0 Å². The van der Waals surface area contributed by atoms with E-state index in [-0.39, 0.29) is 10.4 Å². The third kappa shape index (κ3) is 3.38. The molecule has 1 heterocycles. The standard InChI is InChI=1S/C7H9F4N3O2S/c1-4(2)5-12-13-6(17(11,15)16)14(5)3-7(8,9)10/h4H,3H2,1-2H3. The second kappa shape index (κ2) is 4.24. The van der Waals surface area contributed by atoms with E-state index in [1.807, 2.05) is 0 Å². The number of rotatable bonds is 3. The molecule has 0 saturated carbocycles. The van der Waals surface area contributed by atoms with E-state index in [9.17, 15) is 25.5 Å². The van der Waals surface area contributed by atoms with Gasteiger partial charge in [0, 0.05) is 5.92 Å². The summed E-state index contributed by atoms with van der Waals surface area (Å²) in [4.78, 5) is 0. The molecule has 0 aliphatic heterocycles. The van der Waals surface area contributed by atoms with Crippen LogP contribution in [0.3, 0.4) is 0 Å². The van der Waals surface area contributed by atoms with Crippen molar-refractivity contribution < 1.29 is 25.5 Å². The number of nitrogens with zero attached hydrogens (tertiary/aromatic N) is 3. The van der Waals surface area contributed by atoms with Crippen LogP contribution in [-0.2, 0) is 16.8 Å². The molecule has 5 nitrogen and oxygen atoms in total. The minimum atomic E-state index is -5.33. The molecule has 0 amide bonds. The van der Waals surface area contributed by atoms with Crippen molar-refractivity contribution in [2.45, 2.75) is 37.6 Å². The third-order valence-corrected chi connectivity index (χ3v) is 2.56. The maximum atomic E-state index is 12.7. The molecule has 98 valence electrons. The molecule has 0 fully saturated rings. The van der Waals surface area contributed by atoms with Gasteiger partial charge in [0.2, 0.25) is 0 Å². The van der Waals surface area contributed by atoms with Gasteiger partial charge in [0.05, 0.1) is 0 Å². The van der Waals surface area contributed by atoms with Crippen molar-refractivity contribution in [2.75, 3.05) is 0 Å². The van der Waals surface area contributed by atoms with Gasteiger partial charge >= 0.3 is 16.4 Å². The first-order valence-corrected chi connectivity index (χ1v) is 5.85. The van der Waals surface area contributed by atoms with E-state index in [2.05, 4.69) is 10.2 Å². The molecule has 0 radical (unpaired) electrons. The zero-order valence-electron chi connectivity index (χ0n) is 8.86. The molecule has 1 aromatic rings. The van der Waals surface area contributed by atoms with Crippen molar-refractivity contribution in [1.29, 1.82) is 0 Å². The first-order valence-electron chi connectivity index (χ1n) is 4.47. The number of alkyl halides is 3. The Kier molecular flexibility index (Phi) is 3.46. The van der Waals surface area contributed by atoms with Crippen LogP contribution in [0.25, 0.3) is 0 Å². The fourth-order valence-corrected chi connectivity index (χ4v) is 1.80. The summed E-state index contributed by atoms with van der Waals surface area (Å²) in [7, 11) is -5.33. The van der Waals surface area contributed by atoms with Gasteiger partial charge in [-0.2, -0.15) is 21.6 Å². The first kappa shape index (κ1) is 13.9. The molecule has 17 heavy (non-hydrogen) atoms. The van der Waals surface area contributed by atoms with Gasteiger partial charge < -0.3 is 0 Å². The van der Waals surface area contributed by atoms with Crippen LogP contribution >= 0.6 is 0 Å². The molecule has 1 aromatic heterocycles. The Bertz CT molecular complexity index is 506. The monoisotopic (exact) mass is 275 g/mol. The van der Waals surface area contributed by atoms with Crippen molar-refractivity contribution in [3.05, 3.63) is 5.82 Å². The Balaban J connectivity index is 3.35. The van der Waals surface area contributed by atoms with E-state index in [0.29, 0.717) is 0 Å². The van der Waals surface area contributed by atoms with E-state index in [0.717, 1.165) is 0 Å². The van der Waals surface area contributed by atoms with Gasteiger partial charge in [-0.1, -0.05) is 17.7 Å². The van der Waals surface area contributed by atoms with E-state index < -0.39 is 34.0 Å². The van der Waals surface area contributed by atoms with Crippen LogP contribution in [0.15, 0.2) is 5.16 Å². The van der Waals surface area contributed by atoms with Gasteiger partial charge in [0.25, 0.3) is 5.16 Å². The molecule has 0 aromatic carbocycles. The number of aromatic nitrogens is 3. The summed E-state index contributed by atoms with van der Waals surface area (Å²) in [5, 5.41) is 4.88. The molecule has 0 aliphatic carbocycles. The van der Waals surface area contributed by atoms with Gasteiger partial charge in [-0.05, 0) is 0 Å². The number of hydrogen-bond acceptors (Lipinski definition) is 4. The van der Waals surface area contributed by atoms with Gasteiger partial charge in [0.1, 0.15) is 12.4 Å². The molecule has 0 N–H and O–H groups in total. The highest BCUT2D eigenvalue weighted by atomic mass is 32.3. The predicted octanol–water partition coefficient (Wildman–Crippen LogP) is 1.62. The minimum Gasteiger partial charge on any atom is -0.290 e. The van der Waals surface area contributed by atoms with Crippen LogP contribution in [-0.4, -0.2) is 29.4 Å². The Morgan fingerprint density at radius 3 is 2.18 bits per heavy atom. The van der Waals surface area contributed by atoms with Crippen molar-refractivity contribution in [3.8, 4) is 0 Å². The second-order valence-electron chi connectivity index (χ2n) is 3.63. The molecule has 0 spiro atoms. The average molecular weight is 275 g/mol. The lowest BCUT2D eigenvalue weighted by Crippen LogP contribution is -2.22. The summed E-state index contributed by atoms with van der Waals surface area (Å²) >= 11 is 0. The van der Waals surface area contributed by atoms with Crippen LogP contribution in [0.2, 0.25) is 0 Å². The first-order chi connectivity index (χ1) is 7.52. The van der Waals surface area contributed by atoms with Crippen molar-refractivity contribution in [3.63, 3.8) is 0 Å². The maximum Gasteiger partial charge on any atom is 0.406 e. The smallest absolute Gasteiger partial charge is 0.290 e. The normalized spacial score (nSPS) is 13.4. The lowest BCUT2D eigenvalue weighted by atomic mass is 10.2. The minimum absolute atomic E-state index is 0.222. The summed E-state index contributed by atoms with van der Waals surface area (Å²) < 4.78 is 70.9. The fraction of sp³-hybridized carbons (Fsp3) is 0.714. The summed E-state index contributed by atoms with van der Waals surface area (Å²) in [6, 6.07) is 0. The van der Waals surface area contributed by atoms with Crippen LogP contribution in [0.4, 0.5) is 17.1 Å². The number of hydrogen-bond donors (Lipinski definition) is 0. The number of halogens is 4. The summed E-state index contributed by atoms with van der Waals surface area (Å²) in [6.07, 6.45) is -4.69. The van der Waals surface area contributed by atoms with Crippen LogP contribution in [0, 0.1) is 0 Å². The molecular formula is C7H9F4N3O2S. The Labute approximate surface area is 94.7 Å². The van der Waals surface area contributed by atoms with E-state index in [1.165, 1.54) is 13.8 Å². The zero-order chi connectivity index (χ0) is 13.4. The van der Waals surface area contributed by atoms with Crippen molar-refractivity contribution in [1.82, 2.24) is 14.8 Å². The highest BCUT2D eigenvalue weighted by molar-refractivity contribution is 7.86. The summed E-state index contributed by atoms with van der Waals surface area (Å²) in [6.45, 7) is 1.34. The molecule has 0 aliphatic rings. The Morgan fingerprint density at radius 2 is 1.82 bits per heavy atom. The quantitative estimate of drug-likeness (QED) is 0.621. The lowest BCUT2D eigenvalue weighted by Gasteiger charge is -2.12. The molecule has 0 bridgehead atoms. The third-order valence-electron chi connectivity index (χ3n) is 1.82. The topological polar surface area (TPSA) is 64.8 Å². The Morgan fingerprint density at radius 1 is 1.29 bits per heavy atom. The zero-order valence-corrected chi connectivity index (χ0v) is 9.68. The van der Waals surface area contributed by atoms with E-state index in [1.54, 1.807) is 0 Å². The van der Waals surface area contributed by atoms with E-state index in [4.69, 9.17) is 0 Å². The fourth-order valence-electron chi connectivity index (χ4n) is 1.24. The largest absolute Gasteiger partial charge is 0.406 e. The van der Waals surface area contributed by atoms with Crippen molar-refractivity contribution >= 4 is 10.2 Å². The predicted molar refractivity (Wildman–Crippen MR) is 48.5 cm³/mol. The van der Waals surface area contributed by atoms with Gasteiger partial charge in [-0.25, -0.2) is 0 Å². The molecule has 0 saturated heterocycles.